The second-order valence-corrected chi connectivity index (χ2v) is 5.07. The molecule has 6 nitrogen and oxygen atoms in total. The van der Waals surface area contributed by atoms with Gasteiger partial charge in [-0.2, -0.15) is 5.26 Å². The first-order valence-corrected chi connectivity index (χ1v) is 6.51. The minimum Gasteiger partial charge on any atom is -0.370 e. The van der Waals surface area contributed by atoms with E-state index in [1.54, 1.807) is 4.90 Å². The highest BCUT2D eigenvalue weighted by atomic mass is 15.2. The number of anilines is 2. The van der Waals surface area contributed by atoms with E-state index in [4.69, 9.17) is 5.26 Å². The van der Waals surface area contributed by atoms with Crippen LogP contribution < -0.4 is 10.2 Å². The van der Waals surface area contributed by atoms with E-state index in [1.165, 1.54) is 19.3 Å². The van der Waals surface area contributed by atoms with Crippen molar-refractivity contribution in [1.82, 2.24) is 14.9 Å². The minimum atomic E-state index is 0.323. The predicted molar refractivity (Wildman–Crippen MR) is 75.0 cm³/mol. The summed E-state index contributed by atoms with van der Waals surface area (Å²) in [6, 6.07) is 3.99. The van der Waals surface area contributed by atoms with Gasteiger partial charge in [-0.05, 0) is 25.9 Å². The Labute approximate surface area is 114 Å². The largest absolute Gasteiger partial charge is 0.370 e. The molecule has 2 rings (SSSR count). The van der Waals surface area contributed by atoms with E-state index in [1.807, 2.05) is 13.1 Å². The van der Waals surface area contributed by atoms with Gasteiger partial charge >= 0.3 is 0 Å². The monoisotopic (exact) mass is 260 g/mol. The normalized spacial score (nSPS) is 19.1. The van der Waals surface area contributed by atoms with Gasteiger partial charge in [-0.3, -0.25) is 0 Å². The number of aromatic nitrogens is 2. The highest BCUT2D eigenvalue weighted by Gasteiger charge is 2.19. The standard InChI is InChI=1S/C13H20N6/c1-18-5-3-11(9-18)8-15-12-7-13(17-10-16-12)19(2)6-4-14/h7,10-11H,3,5-6,8-9H2,1-2H3,(H,15,16,17). The maximum atomic E-state index is 8.68. The van der Waals surface area contributed by atoms with Crippen LogP contribution in [0.25, 0.3) is 0 Å². The Hall–Kier alpha value is -1.87. The van der Waals surface area contributed by atoms with E-state index in [0.29, 0.717) is 12.5 Å². The summed E-state index contributed by atoms with van der Waals surface area (Å²) in [5.74, 6) is 2.27. The van der Waals surface area contributed by atoms with Crippen molar-refractivity contribution in [2.45, 2.75) is 6.42 Å². The Morgan fingerprint density at radius 2 is 2.42 bits per heavy atom. The molecule has 0 spiro atoms. The quantitative estimate of drug-likeness (QED) is 0.790. The number of hydrogen-bond donors (Lipinski definition) is 1. The Morgan fingerprint density at radius 1 is 1.58 bits per heavy atom. The molecule has 1 fully saturated rings. The van der Waals surface area contributed by atoms with Crippen LogP contribution in [0.3, 0.4) is 0 Å². The van der Waals surface area contributed by atoms with Crippen molar-refractivity contribution < 1.29 is 0 Å². The molecule has 1 unspecified atom stereocenters. The summed E-state index contributed by atoms with van der Waals surface area (Å²) in [7, 11) is 4.00. The summed E-state index contributed by atoms with van der Waals surface area (Å²) in [5, 5.41) is 12.0. The Kier molecular flexibility index (Phi) is 4.53. The van der Waals surface area contributed by atoms with Gasteiger partial charge in [0.15, 0.2) is 0 Å². The lowest BCUT2D eigenvalue weighted by atomic mass is 10.1. The zero-order valence-corrected chi connectivity index (χ0v) is 11.5. The SMILES string of the molecule is CN1CCC(CNc2cc(N(C)CC#N)ncn2)C1. The fourth-order valence-corrected chi connectivity index (χ4v) is 2.28. The Balaban J connectivity index is 1.90. The van der Waals surface area contributed by atoms with E-state index in [9.17, 15) is 0 Å². The van der Waals surface area contributed by atoms with Crippen LogP contribution in [-0.4, -0.2) is 55.1 Å². The fraction of sp³-hybridized carbons (Fsp3) is 0.615. The molecule has 0 aliphatic carbocycles. The predicted octanol–water partition coefficient (Wildman–Crippen LogP) is 0.800. The molecule has 1 aliphatic heterocycles. The van der Waals surface area contributed by atoms with Crippen LogP contribution in [0.5, 0.6) is 0 Å². The summed E-state index contributed by atoms with van der Waals surface area (Å²) in [5.41, 5.74) is 0. The zero-order valence-electron chi connectivity index (χ0n) is 11.5. The maximum Gasteiger partial charge on any atom is 0.134 e. The lowest BCUT2D eigenvalue weighted by molar-refractivity contribution is 0.399. The second-order valence-electron chi connectivity index (χ2n) is 5.07. The van der Waals surface area contributed by atoms with Crippen molar-refractivity contribution in [2.24, 2.45) is 5.92 Å². The molecule has 0 bridgehead atoms. The van der Waals surface area contributed by atoms with Gasteiger partial charge in [-0.25, -0.2) is 9.97 Å². The van der Waals surface area contributed by atoms with E-state index in [0.717, 1.165) is 24.7 Å². The van der Waals surface area contributed by atoms with Crippen molar-refractivity contribution in [3.8, 4) is 6.07 Å². The van der Waals surface area contributed by atoms with E-state index < -0.39 is 0 Å². The van der Waals surface area contributed by atoms with E-state index >= 15 is 0 Å². The molecule has 0 amide bonds. The number of nitrogens with one attached hydrogen (secondary N) is 1. The van der Waals surface area contributed by atoms with E-state index in [2.05, 4.69) is 33.3 Å². The molecule has 2 heterocycles. The van der Waals surface area contributed by atoms with Crippen molar-refractivity contribution in [3.63, 3.8) is 0 Å². The molecule has 6 heteroatoms. The number of nitrogens with zero attached hydrogens (tertiary/aromatic N) is 5. The molecule has 19 heavy (non-hydrogen) atoms. The summed E-state index contributed by atoms with van der Waals surface area (Å²) in [6.07, 6.45) is 2.77. The number of rotatable bonds is 5. The molecule has 0 saturated carbocycles. The molecule has 1 aromatic heterocycles. The summed E-state index contributed by atoms with van der Waals surface area (Å²) in [4.78, 5) is 12.5. The van der Waals surface area contributed by atoms with Crippen LogP contribution in [0.4, 0.5) is 11.6 Å². The van der Waals surface area contributed by atoms with Gasteiger partial charge in [-0.1, -0.05) is 0 Å². The molecule has 102 valence electrons. The van der Waals surface area contributed by atoms with Crippen LogP contribution in [0.2, 0.25) is 0 Å². The second kappa shape index (κ2) is 6.34. The molecular formula is C13H20N6. The molecule has 1 N–H and O–H groups in total. The van der Waals surface area contributed by atoms with Gasteiger partial charge < -0.3 is 15.1 Å². The molecule has 1 atom stereocenters. The number of likely N-dealkylation sites (tertiary alicyclic amines) is 1. The van der Waals surface area contributed by atoms with Gasteiger partial charge in [0.1, 0.15) is 24.5 Å². The average molecular weight is 260 g/mol. The Morgan fingerprint density at radius 3 is 3.11 bits per heavy atom. The Bertz CT molecular complexity index is 455. The summed E-state index contributed by atoms with van der Waals surface area (Å²) < 4.78 is 0. The highest BCUT2D eigenvalue weighted by Crippen LogP contribution is 2.16. The van der Waals surface area contributed by atoms with Crippen molar-refractivity contribution in [1.29, 1.82) is 5.26 Å². The molecule has 1 aliphatic rings. The van der Waals surface area contributed by atoms with Crippen molar-refractivity contribution >= 4 is 11.6 Å². The average Bonchev–Trinajstić information content (AvgIpc) is 2.83. The van der Waals surface area contributed by atoms with Crippen LogP contribution >= 0.6 is 0 Å². The van der Waals surface area contributed by atoms with Crippen LogP contribution in [0, 0.1) is 17.2 Å². The van der Waals surface area contributed by atoms with Crippen LogP contribution in [-0.2, 0) is 0 Å². The molecule has 0 aromatic carbocycles. The first-order valence-electron chi connectivity index (χ1n) is 6.51. The third kappa shape index (κ3) is 3.80. The van der Waals surface area contributed by atoms with Gasteiger partial charge in [0, 0.05) is 26.2 Å². The smallest absolute Gasteiger partial charge is 0.134 e. The lowest BCUT2D eigenvalue weighted by Gasteiger charge is -2.16. The number of nitriles is 1. The highest BCUT2D eigenvalue weighted by molar-refractivity contribution is 5.48. The van der Waals surface area contributed by atoms with Crippen molar-refractivity contribution in [2.75, 3.05) is 50.5 Å². The first-order chi connectivity index (χ1) is 9.19. The summed E-state index contributed by atoms with van der Waals surface area (Å²) in [6.45, 7) is 3.57. The van der Waals surface area contributed by atoms with Gasteiger partial charge in [0.25, 0.3) is 0 Å². The molecule has 0 radical (unpaired) electrons. The van der Waals surface area contributed by atoms with Crippen LogP contribution in [0.1, 0.15) is 6.42 Å². The van der Waals surface area contributed by atoms with Gasteiger partial charge in [0.2, 0.25) is 0 Å². The third-order valence-electron chi connectivity index (χ3n) is 3.41. The summed E-state index contributed by atoms with van der Waals surface area (Å²) >= 11 is 0. The number of hydrogen-bond acceptors (Lipinski definition) is 6. The molecule has 1 aromatic rings. The van der Waals surface area contributed by atoms with Crippen molar-refractivity contribution in [3.05, 3.63) is 12.4 Å². The zero-order chi connectivity index (χ0) is 13.7. The van der Waals surface area contributed by atoms with Gasteiger partial charge in [-0.15, -0.1) is 0 Å². The van der Waals surface area contributed by atoms with E-state index in [-0.39, 0.29) is 0 Å². The topological polar surface area (TPSA) is 68.1 Å². The maximum absolute atomic E-state index is 8.68. The lowest BCUT2D eigenvalue weighted by Crippen LogP contribution is -2.21. The first kappa shape index (κ1) is 13.6. The van der Waals surface area contributed by atoms with Gasteiger partial charge in [0.05, 0.1) is 6.07 Å². The van der Waals surface area contributed by atoms with Crippen LogP contribution in [0.15, 0.2) is 12.4 Å². The third-order valence-corrected chi connectivity index (χ3v) is 3.41. The fourth-order valence-electron chi connectivity index (χ4n) is 2.28. The molecule has 1 saturated heterocycles. The minimum absolute atomic E-state index is 0.323. The molecular weight excluding hydrogens is 240 g/mol.